The van der Waals surface area contributed by atoms with Gasteiger partial charge in [-0.25, -0.2) is 4.79 Å². The maximum absolute atomic E-state index is 13.3. The second kappa shape index (κ2) is 15.1. The van der Waals surface area contributed by atoms with E-state index in [9.17, 15) is 19.2 Å². The van der Waals surface area contributed by atoms with E-state index in [1.807, 2.05) is 45.0 Å². The lowest BCUT2D eigenvalue weighted by Crippen LogP contribution is -2.51. The third-order valence-electron chi connectivity index (χ3n) is 7.00. The maximum Gasteiger partial charge on any atom is 0.323 e. The predicted octanol–water partition coefficient (Wildman–Crippen LogP) is 4.90. The first-order valence-corrected chi connectivity index (χ1v) is 14.1. The van der Waals surface area contributed by atoms with Crippen LogP contribution in [0.4, 0.5) is 16.2 Å². The van der Waals surface area contributed by atoms with Crippen LogP contribution in [-0.2, 0) is 25.5 Å². The van der Waals surface area contributed by atoms with E-state index in [0.29, 0.717) is 38.2 Å². The molecule has 216 valence electrons. The van der Waals surface area contributed by atoms with Crippen molar-refractivity contribution in [3.63, 3.8) is 0 Å². The lowest BCUT2D eigenvalue weighted by Gasteiger charge is -2.34. The minimum absolute atomic E-state index is 0.0733. The monoisotopic (exact) mass is 550 g/mol. The molecule has 0 bridgehead atoms. The van der Waals surface area contributed by atoms with Crippen LogP contribution in [0.1, 0.15) is 57.6 Å². The number of hydrogen-bond donors (Lipinski definition) is 3. The molecule has 0 aromatic heterocycles. The highest BCUT2D eigenvalue weighted by Gasteiger charge is 2.30. The van der Waals surface area contributed by atoms with Gasteiger partial charge in [0.05, 0.1) is 13.0 Å². The van der Waals surface area contributed by atoms with E-state index in [-0.39, 0.29) is 42.1 Å². The number of piperidine rings is 1. The second-order valence-corrected chi connectivity index (χ2v) is 10.8. The van der Waals surface area contributed by atoms with Gasteiger partial charge in [0.15, 0.2) is 0 Å². The number of carbonyl (C=O) groups excluding carboxylic acids is 4. The Morgan fingerprint density at radius 3 is 2.27 bits per heavy atom. The molecular weight excluding hydrogens is 508 g/mol. The number of likely N-dealkylation sites (tertiary alicyclic amines) is 1. The molecule has 2 aromatic rings. The fourth-order valence-corrected chi connectivity index (χ4v) is 4.86. The molecule has 0 radical (unpaired) electrons. The first-order valence-electron chi connectivity index (χ1n) is 14.1. The number of esters is 1. The summed E-state index contributed by atoms with van der Waals surface area (Å²) in [5, 5.41) is 8.57. The van der Waals surface area contributed by atoms with E-state index in [0.717, 1.165) is 29.7 Å². The Labute approximate surface area is 237 Å². The number of urea groups is 1. The van der Waals surface area contributed by atoms with Crippen LogP contribution < -0.4 is 16.0 Å². The Bertz CT molecular complexity index is 1160. The quantitative estimate of drug-likeness (QED) is 0.344. The van der Waals surface area contributed by atoms with Gasteiger partial charge in [0.1, 0.15) is 6.04 Å². The smallest absolute Gasteiger partial charge is 0.323 e. The molecule has 1 aliphatic rings. The van der Waals surface area contributed by atoms with Gasteiger partial charge >= 0.3 is 12.0 Å². The molecule has 1 saturated heterocycles. The van der Waals surface area contributed by atoms with Gasteiger partial charge in [0, 0.05) is 30.9 Å². The zero-order chi connectivity index (χ0) is 29.1. The predicted molar refractivity (Wildman–Crippen MR) is 156 cm³/mol. The first kappa shape index (κ1) is 30.7. The summed E-state index contributed by atoms with van der Waals surface area (Å²) in [7, 11) is 0. The Kier molecular flexibility index (Phi) is 11.5. The highest BCUT2D eigenvalue weighted by Crippen LogP contribution is 2.22. The van der Waals surface area contributed by atoms with E-state index in [1.54, 1.807) is 36.1 Å². The van der Waals surface area contributed by atoms with Crippen molar-refractivity contribution in [2.45, 2.75) is 65.8 Å². The Balaban J connectivity index is 1.50. The SMILES string of the molecule is CCOC(=O)CC1CCN(C(=O)[C@H](CC(C)C)NC(=O)Cc2ccc(NC(=O)Nc3ccccc3C)cc2)CC1. The number of anilines is 2. The molecule has 2 aromatic carbocycles. The summed E-state index contributed by atoms with van der Waals surface area (Å²) >= 11 is 0. The number of amides is 4. The zero-order valence-corrected chi connectivity index (χ0v) is 24.0. The molecule has 9 heteroatoms. The van der Waals surface area contributed by atoms with E-state index in [4.69, 9.17) is 4.74 Å². The molecule has 0 unspecified atom stereocenters. The number of para-hydroxylation sites is 1. The van der Waals surface area contributed by atoms with Crippen LogP contribution in [0.25, 0.3) is 0 Å². The maximum atomic E-state index is 13.3. The third kappa shape index (κ3) is 9.70. The molecule has 9 nitrogen and oxygen atoms in total. The van der Waals surface area contributed by atoms with Crippen molar-refractivity contribution in [1.29, 1.82) is 0 Å². The fraction of sp³-hybridized carbons (Fsp3) is 0.484. The Morgan fingerprint density at radius 1 is 0.975 bits per heavy atom. The van der Waals surface area contributed by atoms with Crippen molar-refractivity contribution >= 4 is 35.2 Å². The largest absolute Gasteiger partial charge is 0.466 e. The van der Waals surface area contributed by atoms with Gasteiger partial charge in [0.25, 0.3) is 0 Å². The average Bonchev–Trinajstić information content (AvgIpc) is 2.90. The van der Waals surface area contributed by atoms with Crippen molar-refractivity contribution in [1.82, 2.24) is 10.2 Å². The molecule has 1 fully saturated rings. The summed E-state index contributed by atoms with van der Waals surface area (Å²) in [4.78, 5) is 52.2. The second-order valence-electron chi connectivity index (χ2n) is 10.8. The van der Waals surface area contributed by atoms with Gasteiger partial charge in [0.2, 0.25) is 11.8 Å². The summed E-state index contributed by atoms with van der Waals surface area (Å²) in [5.41, 5.74) is 3.08. The van der Waals surface area contributed by atoms with Crippen LogP contribution in [0.15, 0.2) is 48.5 Å². The molecule has 4 amide bonds. The van der Waals surface area contributed by atoms with Crippen LogP contribution in [0.2, 0.25) is 0 Å². The molecule has 3 N–H and O–H groups in total. The number of nitrogens with zero attached hydrogens (tertiary/aromatic N) is 1. The number of carbonyl (C=O) groups is 4. The first-order chi connectivity index (χ1) is 19.1. The molecule has 0 saturated carbocycles. The number of benzene rings is 2. The van der Waals surface area contributed by atoms with Crippen LogP contribution in [0, 0.1) is 18.8 Å². The van der Waals surface area contributed by atoms with E-state index < -0.39 is 6.04 Å². The summed E-state index contributed by atoms with van der Waals surface area (Å²) in [6, 6.07) is 13.7. The number of rotatable bonds is 11. The van der Waals surface area contributed by atoms with Gasteiger partial charge in [-0.15, -0.1) is 0 Å². The topological polar surface area (TPSA) is 117 Å². The summed E-state index contributed by atoms with van der Waals surface area (Å²) in [6.07, 6.45) is 2.55. The Morgan fingerprint density at radius 2 is 1.65 bits per heavy atom. The fourth-order valence-electron chi connectivity index (χ4n) is 4.86. The molecule has 1 heterocycles. The average molecular weight is 551 g/mol. The van der Waals surface area contributed by atoms with Gasteiger partial charge in [-0.2, -0.15) is 0 Å². The molecule has 0 aliphatic carbocycles. The summed E-state index contributed by atoms with van der Waals surface area (Å²) in [6.45, 7) is 9.28. The zero-order valence-electron chi connectivity index (χ0n) is 24.0. The lowest BCUT2D eigenvalue weighted by molar-refractivity contribution is -0.145. The highest BCUT2D eigenvalue weighted by atomic mass is 16.5. The van der Waals surface area contributed by atoms with Crippen LogP contribution in [-0.4, -0.2) is 54.5 Å². The lowest BCUT2D eigenvalue weighted by atomic mass is 9.92. The standard InChI is InChI=1S/C31H42N4O5/c1-5-40-29(37)20-24-14-16-35(17-15-24)30(38)27(18-21(2)3)33-28(36)19-23-10-12-25(13-11-23)32-31(39)34-26-9-7-6-8-22(26)4/h6-13,21,24,27H,5,14-20H2,1-4H3,(H,33,36)(H2,32,34,39)/t27-/m0/s1. The molecule has 3 rings (SSSR count). The van der Waals surface area contributed by atoms with Crippen molar-refractivity contribution in [3.8, 4) is 0 Å². The summed E-state index contributed by atoms with van der Waals surface area (Å²) in [5.74, 6) is -0.0457. The normalized spacial score (nSPS) is 14.4. The van der Waals surface area contributed by atoms with E-state index >= 15 is 0 Å². The van der Waals surface area contributed by atoms with Crippen molar-refractivity contribution in [2.75, 3.05) is 30.3 Å². The van der Waals surface area contributed by atoms with Crippen LogP contribution >= 0.6 is 0 Å². The number of hydrogen-bond acceptors (Lipinski definition) is 5. The van der Waals surface area contributed by atoms with Gasteiger partial charge < -0.3 is 25.6 Å². The van der Waals surface area contributed by atoms with Crippen molar-refractivity contribution < 1.29 is 23.9 Å². The van der Waals surface area contributed by atoms with Crippen molar-refractivity contribution in [3.05, 3.63) is 59.7 Å². The van der Waals surface area contributed by atoms with Gasteiger partial charge in [-0.1, -0.05) is 44.2 Å². The van der Waals surface area contributed by atoms with Gasteiger partial charge in [-0.05, 0) is 74.3 Å². The van der Waals surface area contributed by atoms with E-state index in [1.165, 1.54) is 0 Å². The van der Waals surface area contributed by atoms with Gasteiger partial charge in [-0.3, -0.25) is 14.4 Å². The molecule has 0 spiro atoms. The molecule has 1 aliphatic heterocycles. The molecule has 40 heavy (non-hydrogen) atoms. The van der Waals surface area contributed by atoms with Crippen molar-refractivity contribution in [2.24, 2.45) is 11.8 Å². The highest BCUT2D eigenvalue weighted by molar-refractivity contribution is 6.00. The van der Waals surface area contributed by atoms with Crippen LogP contribution in [0.3, 0.4) is 0 Å². The number of nitrogens with one attached hydrogen (secondary N) is 3. The molecular formula is C31H42N4O5. The molecule has 1 atom stereocenters. The summed E-state index contributed by atoms with van der Waals surface area (Å²) < 4.78 is 5.05. The third-order valence-corrected chi connectivity index (χ3v) is 7.00. The number of aryl methyl sites for hydroxylation is 1. The van der Waals surface area contributed by atoms with Crippen LogP contribution in [0.5, 0.6) is 0 Å². The number of ether oxygens (including phenoxy) is 1. The minimum Gasteiger partial charge on any atom is -0.466 e. The minimum atomic E-state index is -0.597. The Hall–Kier alpha value is -3.88. The van der Waals surface area contributed by atoms with E-state index in [2.05, 4.69) is 16.0 Å².